The molecule has 5 N–H and O–H groups in total. The van der Waals surface area contributed by atoms with Gasteiger partial charge in [0.25, 0.3) is 0 Å². The number of carboxylic acids is 1. The van der Waals surface area contributed by atoms with Crippen molar-refractivity contribution in [1.82, 2.24) is 21.3 Å². The lowest BCUT2D eigenvalue weighted by Crippen LogP contribution is -2.57. The summed E-state index contributed by atoms with van der Waals surface area (Å²) in [4.78, 5) is 61.6. The van der Waals surface area contributed by atoms with Crippen LogP contribution in [0.1, 0.15) is 57.6 Å². The lowest BCUT2D eigenvalue weighted by atomic mass is 9.87. The van der Waals surface area contributed by atoms with Gasteiger partial charge < -0.3 is 40.6 Å². The van der Waals surface area contributed by atoms with E-state index in [1.165, 1.54) is 0 Å². The molecule has 0 spiro atoms. The largest absolute Gasteiger partial charge is 0.480 e. The summed E-state index contributed by atoms with van der Waals surface area (Å²) >= 11 is 12.1. The third-order valence-corrected chi connectivity index (χ3v) is 7.05. The fraction of sp³-hybridized carbons (Fsp3) is 0.452. The first-order valence-electron chi connectivity index (χ1n) is 14.5. The molecule has 2 aromatic carbocycles. The molecule has 0 aromatic heterocycles. The van der Waals surface area contributed by atoms with Gasteiger partial charge in [0.05, 0.1) is 0 Å². The summed E-state index contributed by atoms with van der Waals surface area (Å²) in [5.74, 6) is -2.10. The SMILES string of the molecule is CC(C)(C)OC(=O)NCC(=O)NC(CCCNC(=O)OCc1ccccc1Cl)(CCCNC(=O)OCc1ccccc1Cl)C(=O)O. The molecule has 0 heterocycles. The van der Waals surface area contributed by atoms with Gasteiger partial charge >= 0.3 is 24.2 Å². The molecule has 0 aliphatic rings. The zero-order valence-electron chi connectivity index (χ0n) is 26.0. The Labute approximate surface area is 277 Å². The molecular formula is C31H40Cl2N4O9. The van der Waals surface area contributed by atoms with Crippen LogP contribution in [0.15, 0.2) is 48.5 Å². The number of alkyl carbamates (subject to hydrolysis) is 3. The first-order chi connectivity index (χ1) is 21.7. The highest BCUT2D eigenvalue weighted by molar-refractivity contribution is 6.31. The van der Waals surface area contributed by atoms with Crippen LogP contribution in [0, 0.1) is 0 Å². The van der Waals surface area contributed by atoms with Crippen LogP contribution in [0.25, 0.3) is 0 Å². The Morgan fingerprint density at radius 2 is 1.17 bits per heavy atom. The quantitative estimate of drug-likeness (QED) is 0.118. The smallest absolute Gasteiger partial charge is 0.408 e. The number of halogens is 2. The molecule has 0 saturated carbocycles. The van der Waals surface area contributed by atoms with E-state index in [1.54, 1.807) is 69.3 Å². The van der Waals surface area contributed by atoms with Gasteiger partial charge in [0.15, 0.2) is 0 Å². The summed E-state index contributed by atoms with van der Waals surface area (Å²) in [5, 5.41) is 21.0. The Bertz CT molecular complexity index is 1280. The van der Waals surface area contributed by atoms with E-state index in [2.05, 4.69) is 21.3 Å². The number of aliphatic carboxylic acids is 1. The fourth-order valence-corrected chi connectivity index (χ4v) is 4.46. The minimum Gasteiger partial charge on any atom is -0.480 e. The van der Waals surface area contributed by atoms with Crippen molar-refractivity contribution < 1.29 is 43.3 Å². The molecular weight excluding hydrogens is 643 g/mol. The Balaban J connectivity index is 1.95. The van der Waals surface area contributed by atoms with Crippen LogP contribution in [-0.4, -0.2) is 66.0 Å². The van der Waals surface area contributed by atoms with Crippen molar-refractivity contribution in [1.29, 1.82) is 0 Å². The second-order valence-corrected chi connectivity index (χ2v) is 12.0. The monoisotopic (exact) mass is 682 g/mol. The van der Waals surface area contributed by atoms with Crippen molar-refractivity contribution in [2.45, 2.75) is 70.8 Å². The molecule has 13 nitrogen and oxygen atoms in total. The van der Waals surface area contributed by atoms with Gasteiger partial charge in [-0.1, -0.05) is 59.6 Å². The van der Waals surface area contributed by atoms with Crippen LogP contribution in [0.3, 0.4) is 0 Å². The molecule has 0 aliphatic heterocycles. The minimum absolute atomic E-state index is 0.0367. The molecule has 0 saturated heterocycles. The number of carboxylic acid groups (broad SMARTS) is 1. The molecule has 0 bridgehead atoms. The van der Waals surface area contributed by atoms with Gasteiger partial charge in [-0.2, -0.15) is 0 Å². The van der Waals surface area contributed by atoms with Gasteiger partial charge in [0, 0.05) is 34.3 Å². The fourth-order valence-electron chi connectivity index (χ4n) is 4.08. The van der Waals surface area contributed by atoms with Crippen molar-refractivity contribution in [3.05, 3.63) is 69.7 Å². The number of benzene rings is 2. The van der Waals surface area contributed by atoms with E-state index in [0.717, 1.165) is 0 Å². The third kappa shape index (κ3) is 14.2. The maximum absolute atomic E-state index is 12.8. The predicted octanol–water partition coefficient (Wildman–Crippen LogP) is 5.17. The van der Waals surface area contributed by atoms with E-state index < -0.39 is 47.8 Å². The number of ether oxygens (including phenoxy) is 3. The molecule has 2 rings (SSSR count). The molecule has 252 valence electrons. The first-order valence-corrected chi connectivity index (χ1v) is 15.3. The van der Waals surface area contributed by atoms with Gasteiger partial charge in [-0.3, -0.25) is 4.79 Å². The lowest BCUT2D eigenvalue weighted by molar-refractivity contribution is -0.148. The van der Waals surface area contributed by atoms with Gasteiger partial charge in [-0.25, -0.2) is 19.2 Å². The zero-order valence-corrected chi connectivity index (χ0v) is 27.5. The average molecular weight is 684 g/mol. The lowest BCUT2D eigenvalue weighted by Gasteiger charge is -2.31. The summed E-state index contributed by atoms with van der Waals surface area (Å²) in [6.07, 6.45) is -2.22. The number of rotatable bonds is 16. The Morgan fingerprint density at radius 1 is 0.717 bits per heavy atom. The second-order valence-electron chi connectivity index (χ2n) is 11.2. The van der Waals surface area contributed by atoms with E-state index in [0.29, 0.717) is 21.2 Å². The van der Waals surface area contributed by atoms with Crippen molar-refractivity contribution in [2.75, 3.05) is 19.6 Å². The number of hydrogen-bond donors (Lipinski definition) is 5. The predicted molar refractivity (Wildman–Crippen MR) is 170 cm³/mol. The van der Waals surface area contributed by atoms with Crippen LogP contribution in [0.5, 0.6) is 0 Å². The van der Waals surface area contributed by atoms with Crippen LogP contribution in [0.2, 0.25) is 10.0 Å². The molecule has 0 fully saturated rings. The van der Waals surface area contributed by atoms with Crippen molar-refractivity contribution in [3.8, 4) is 0 Å². The van der Waals surface area contributed by atoms with E-state index in [1.807, 2.05) is 0 Å². The minimum atomic E-state index is -1.79. The molecule has 0 unspecified atom stereocenters. The first kappa shape index (κ1) is 38.0. The Hall–Kier alpha value is -4.23. The van der Waals surface area contributed by atoms with E-state index in [9.17, 15) is 29.1 Å². The topological polar surface area (TPSA) is 181 Å². The van der Waals surface area contributed by atoms with E-state index >= 15 is 0 Å². The molecule has 0 radical (unpaired) electrons. The van der Waals surface area contributed by atoms with Crippen LogP contribution < -0.4 is 21.3 Å². The molecule has 0 atom stereocenters. The van der Waals surface area contributed by atoms with Crippen LogP contribution in [-0.2, 0) is 37.0 Å². The Kier molecular flexibility index (Phi) is 15.4. The normalized spacial score (nSPS) is 11.2. The third-order valence-electron chi connectivity index (χ3n) is 6.31. The summed E-state index contributed by atoms with van der Waals surface area (Å²) in [6.45, 7) is 4.39. The highest BCUT2D eigenvalue weighted by atomic mass is 35.5. The van der Waals surface area contributed by atoms with Gasteiger partial charge in [0.1, 0.15) is 30.9 Å². The van der Waals surface area contributed by atoms with E-state index in [4.69, 9.17) is 37.4 Å². The second kappa shape index (κ2) is 18.7. The Morgan fingerprint density at radius 3 is 1.59 bits per heavy atom. The van der Waals surface area contributed by atoms with Crippen molar-refractivity contribution in [3.63, 3.8) is 0 Å². The summed E-state index contributed by atoms with van der Waals surface area (Å²) in [7, 11) is 0. The van der Waals surface area contributed by atoms with Crippen molar-refractivity contribution in [2.24, 2.45) is 0 Å². The highest BCUT2D eigenvalue weighted by Crippen LogP contribution is 2.21. The number of amides is 4. The molecule has 4 amide bonds. The molecule has 0 aliphatic carbocycles. The number of carbonyl (C=O) groups is 5. The van der Waals surface area contributed by atoms with Crippen LogP contribution >= 0.6 is 23.2 Å². The van der Waals surface area contributed by atoms with Crippen molar-refractivity contribution >= 4 is 53.4 Å². The average Bonchev–Trinajstić information content (AvgIpc) is 2.98. The molecule has 15 heteroatoms. The zero-order chi connectivity index (χ0) is 34.2. The molecule has 2 aromatic rings. The number of carbonyl (C=O) groups excluding carboxylic acids is 4. The van der Waals surface area contributed by atoms with Gasteiger partial charge in [-0.05, 0) is 58.6 Å². The highest BCUT2D eigenvalue weighted by Gasteiger charge is 2.39. The molecule has 46 heavy (non-hydrogen) atoms. The summed E-state index contributed by atoms with van der Waals surface area (Å²) < 4.78 is 15.4. The van der Waals surface area contributed by atoms with Gasteiger partial charge in [0.2, 0.25) is 5.91 Å². The summed E-state index contributed by atoms with van der Waals surface area (Å²) in [5.41, 5.74) is -1.35. The standard InChI is InChI=1S/C31H40Cl2N4O9/c1-30(2,3)46-29(43)36-18-25(38)37-31(26(39)40,14-8-16-34-27(41)44-19-21-10-4-6-12-23(21)32)15-9-17-35-28(42)45-20-22-11-5-7-13-24(22)33/h4-7,10-13H,8-9,14-20H2,1-3H3,(H,34,41)(H,35,42)(H,36,43)(H,37,38)(H,39,40). The maximum atomic E-state index is 12.8. The van der Waals surface area contributed by atoms with Crippen LogP contribution in [0.4, 0.5) is 14.4 Å². The summed E-state index contributed by atoms with van der Waals surface area (Å²) in [6, 6.07) is 13.8. The maximum Gasteiger partial charge on any atom is 0.408 e. The number of hydrogen-bond acceptors (Lipinski definition) is 8. The number of nitrogens with one attached hydrogen (secondary N) is 4. The van der Waals surface area contributed by atoms with E-state index in [-0.39, 0.29) is 52.0 Å². The van der Waals surface area contributed by atoms with Gasteiger partial charge in [-0.15, -0.1) is 0 Å².